The van der Waals surface area contributed by atoms with E-state index in [1.807, 2.05) is 24.3 Å². The fourth-order valence-electron chi connectivity index (χ4n) is 3.93. The number of amides is 1. The van der Waals surface area contributed by atoms with Gasteiger partial charge in [0.25, 0.3) is 0 Å². The van der Waals surface area contributed by atoms with Crippen LogP contribution in [0, 0.1) is 0 Å². The highest BCUT2D eigenvalue weighted by Crippen LogP contribution is 2.50. The van der Waals surface area contributed by atoms with Crippen LogP contribution in [0.3, 0.4) is 0 Å². The van der Waals surface area contributed by atoms with E-state index in [1.165, 1.54) is 0 Å². The molecule has 0 spiro atoms. The molecule has 0 aliphatic carbocycles. The number of methoxy groups -OCH3 is 4. The standard InChI is InChI=1S/C22H27NO5/c1-22(2)15(13-7-8-17(26-4)18(9-13)27-5)12-20(24)23-21-16(22)10-14(25-3)11-19(21)28-6/h7-11,15H,12H2,1-6H3,(H,23,24). The second-order valence-electron chi connectivity index (χ2n) is 7.39. The molecule has 28 heavy (non-hydrogen) atoms. The molecular formula is C22H27NO5. The van der Waals surface area contributed by atoms with Crippen molar-refractivity contribution in [2.75, 3.05) is 33.8 Å². The van der Waals surface area contributed by atoms with Crippen molar-refractivity contribution in [3.63, 3.8) is 0 Å². The van der Waals surface area contributed by atoms with Gasteiger partial charge in [-0.3, -0.25) is 4.79 Å². The van der Waals surface area contributed by atoms with Crippen molar-refractivity contribution in [3.8, 4) is 23.0 Å². The lowest BCUT2D eigenvalue weighted by Crippen LogP contribution is -2.27. The number of hydrogen-bond donors (Lipinski definition) is 1. The highest BCUT2D eigenvalue weighted by atomic mass is 16.5. The second kappa shape index (κ2) is 7.62. The summed E-state index contributed by atoms with van der Waals surface area (Å²) in [7, 11) is 6.42. The largest absolute Gasteiger partial charge is 0.497 e. The van der Waals surface area contributed by atoms with Crippen LogP contribution in [0.2, 0.25) is 0 Å². The van der Waals surface area contributed by atoms with E-state index in [4.69, 9.17) is 18.9 Å². The van der Waals surface area contributed by atoms with Crippen LogP contribution in [0.5, 0.6) is 23.0 Å². The van der Waals surface area contributed by atoms with Gasteiger partial charge >= 0.3 is 0 Å². The lowest BCUT2D eigenvalue weighted by atomic mass is 9.69. The predicted molar refractivity (Wildman–Crippen MR) is 108 cm³/mol. The molecule has 2 aromatic carbocycles. The normalized spacial score (nSPS) is 17.8. The minimum Gasteiger partial charge on any atom is -0.497 e. The smallest absolute Gasteiger partial charge is 0.225 e. The fraction of sp³-hybridized carbons (Fsp3) is 0.409. The number of rotatable bonds is 5. The van der Waals surface area contributed by atoms with E-state index in [0.29, 0.717) is 35.1 Å². The van der Waals surface area contributed by atoms with Gasteiger partial charge in [0.2, 0.25) is 5.91 Å². The quantitative estimate of drug-likeness (QED) is 0.838. The van der Waals surface area contributed by atoms with Crippen LogP contribution in [0.1, 0.15) is 37.3 Å². The summed E-state index contributed by atoms with van der Waals surface area (Å²) in [5.41, 5.74) is 2.29. The Morgan fingerprint density at radius 2 is 1.57 bits per heavy atom. The lowest BCUT2D eigenvalue weighted by Gasteiger charge is -2.34. The van der Waals surface area contributed by atoms with E-state index in [9.17, 15) is 4.79 Å². The topological polar surface area (TPSA) is 66.0 Å². The summed E-state index contributed by atoms with van der Waals surface area (Å²) in [6.45, 7) is 4.26. The number of fused-ring (bicyclic) bond motifs is 1. The number of ether oxygens (including phenoxy) is 4. The monoisotopic (exact) mass is 385 g/mol. The van der Waals surface area contributed by atoms with Crippen molar-refractivity contribution in [1.82, 2.24) is 0 Å². The van der Waals surface area contributed by atoms with E-state index >= 15 is 0 Å². The SMILES string of the molecule is COc1cc(OC)c2c(c1)C(C)(C)C(c1ccc(OC)c(OC)c1)CC(=O)N2. The van der Waals surface area contributed by atoms with Gasteiger partial charge in [-0.15, -0.1) is 0 Å². The van der Waals surface area contributed by atoms with E-state index in [2.05, 4.69) is 19.2 Å². The van der Waals surface area contributed by atoms with Gasteiger partial charge in [-0.25, -0.2) is 0 Å². The summed E-state index contributed by atoms with van der Waals surface area (Å²) >= 11 is 0. The minimum absolute atomic E-state index is 0.0601. The molecule has 0 fully saturated rings. The van der Waals surface area contributed by atoms with Gasteiger partial charge in [0.1, 0.15) is 11.5 Å². The summed E-state index contributed by atoms with van der Waals surface area (Å²) in [6.07, 6.45) is 0.336. The van der Waals surface area contributed by atoms with E-state index in [1.54, 1.807) is 34.5 Å². The van der Waals surface area contributed by atoms with Crippen LogP contribution in [-0.4, -0.2) is 34.3 Å². The summed E-state index contributed by atoms with van der Waals surface area (Å²) in [5.74, 6) is 2.44. The summed E-state index contributed by atoms with van der Waals surface area (Å²) < 4.78 is 21.8. The van der Waals surface area contributed by atoms with Crippen molar-refractivity contribution in [2.45, 2.75) is 31.6 Å². The average molecular weight is 385 g/mol. The Bertz CT molecular complexity index is 891. The van der Waals surface area contributed by atoms with Gasteiger partial charge in [0.05, 0.1) is 34.1 Å². The van der Waals surface area contributed by atoms with Gasteiger partial charge in [-0.05, 0) is 34.7 Å². The maximum Gasteiger partial charge on any atom is 0.225 e. The maximum atomic E-state index is 12.8. The molecule has 1 heterocycles. The highest BCUT2D eigenvalue weighted by Gasteiger charge is 2.40. The van der Waals surface area contributed by atoms with Gasteiger partial charge in [-0.2, -0.15) is 0 Å². The van der Waals surface area contributed by atoms with Gasteiger partial charge in [-0.1, -0.05) is 19.9 Å². The molecule has 150 valence electrons. The van der Waals surface area contributed by atoms with Crippen LogP contribution in [-0.2, 0) is 10.2 Å². The molecule has 1 aliphatic heterocycles. The second-order valence-corrected chi connectivity index (χ2v) is 7.39. The van der Waals surface area contributed by atoms with Crippen LogP contribution in [0.4, 0.5) is 5.69 Å². The van der Waals surface area contributed by atoms with Crippen molar-refractivity contribution in [3.05, 3.63) is 41.5 Å². The first-order valence-electron chi connectivity index (χ1n) is 9.14. The molecule has 1 N–H and O–H groups in total. The molecule has 0 radical (unpaired) electrons. The molecule has 1 aliphatic rings. The van der Waals surface area contributed by atoms with Crippen LogP contribution < -0.4 is 24.3 Å². The van der Waals surface area contributed by atoms with Crippen LogP contribution >= 0.6 is 0 Å². The fourth-order valence-corrected chi connectivity index (χ4v) is 3.93. The Balaban J connectivity index is 2.19. The third-order valence-corrected chi connectivity index (χ3v) is 5.56. The summed E-state index contributed by atoms with van der Waals surface area (Å²) in [6, 6.07) is 9.56. The molecule has 6 nitrogen and oxygen atoms in total. The Hall–Kier alpha value is -2.89. The molecule has 2 aromatic rings. The molecular weight excluding hydrogens is 358 g/mol. The van der Waals surface area contributed by atoms with Crippen molar-refractivity contribution in [2.24, 2.45) is 0 Å². The number of nitrogens with one attached hydrogen (secondary N) is 1. The summed E-state index contributed by atoms with van der Waals surface area (Å²) in [4.78, 5) is 12.8. The number of carbonyl (C=O) groups is 1. The third-order valence-electron chi connectivity index (χ3n) is 5.56. The Kier molecular flexibility index (Phi) is 5.40. The van der Waals surface area contributed by atoms with Gasteiger partial charge in [0.15, 0.2) is 11.5 Å². The van der Waals surface area contributed by atoms with Gasteiger partial charge < -0.3 is 24.3 Å². The molecule has 3 rings (SSSR count). The molecule has 0 saturated carbocycles. The predicted octanol–water partition coefficient (Wildman–Crippen LogP) is 4.12. The highest BCUT2D eigenvalue weighted by molar-refractivity contribution is 5.95. The van der Waals surface area contributed by atoms with E-state index in [-0.39, 0.29) is 17.2 Å². The number of benzene rings is 2. The molecule has 0 saturated heterocycles. The van der Waals surface area contributed by atoms with E-state index < -0.39 is 0 Å². The zero-order valence-corrected chi connectivity index (χ0v) is 17.2. The lowest BCUT2D eigenvalue weighted by molar-refractivity contribution is -0.116. The Labute approximate surface area is 165 Å². The molecule has 0 bridgehead atoms. The summed E-state index contributed by atoms with van der Waals surface area (Å²) in [5, 5.41) is 3.02. The number of carbonyl (C=O) groups excluding carboxylic acids is 1. The first-order valence-corrected chi connectivity index (χ1v) is 9.14. The molecule has 1 atom stereocenters. The number of anilines is 1. The molecule has 1 unspecified atom stereocenters. The molecule has 1 amide bonds. The zero-order valence-electron chi connectivity index (χ0n) is 17.2. The first-order chi connectivity index (χ1) is 13.3. The van der Waals surface area contributed by atoms with Crippen LogP contribution in [0.15, 0.2) is 30.3 Å². The van der Waals surface area contributed by atoms with Crippen LogP contribution in [0.25, 0.3) is 0 Å². The van der Waals surface area contributed by atoms with Crippen molar-refractivity contribution >= 4 is 11.6 Å². The zero-order chi connectivity index (χ0) is 20.5. The minimum atomic E-state index is -0.379. The maximum absolute atomic E-state index is 12.8. The first kappa shape index (κ1) is 19.9. The van der Waals surface area contributed by atoms with Crippen molar-refractivity contribution < 1.29 is 23.7 Å². The van der Waals surface area contributed by atoms with Gasteiger partial charge in [0, 0.05) is 18.4 Å². The molecule has 0 aromatic heterocycles. The Morgan fingerprint density at radius 1 is 0.893 bits per heavy atom. The van der Waals surface area contributed by atoms with Crippen molar-refractivity contribution in [1.29, 1.82) is 0 Å². The number of hydrogen-bond acceptors (Lipinski definition) is 5. The molecule has 6 heteroatoms. The third kappa shape index (κ3) is 3.35. The average Bonchev–Trinajstić information content (AvgIpc) is 2.80. The Morgan fingerprint density at radius 3 is 2.18 bits per heavy atom. The van der Waals surface area contributed by atoms with E-state index in [0.717, 1.165) is 11.1 Å².